The van der Waals surface area contributed by atoms with Crippen molar-refractivity contribution in [3.8, 4) is 0 Å². The van der Waals surface area contributed by atoms with E-state index in [1.54, 1.807) is 13.0 Å². The Morgan fingerprint density at radius 1 is 1.33 bits per heavy atom. The third-order valence-electron chi connectivity index (χ3n) is 4.70. The van der Waals surface area contributed by atoms with Crippen molar-refractivity contribution in [2.75, 3.05) is 6.26 Å². The zero-order valence-corrected chi connectivity index (χ0v) is 14.2. The number of imidazole rings is 1. The summed E-state index contributed by atoms with van der Waals surface area (Å²) in [4.78, 5) is 3.15. The van der Waals surface area contributed by atoms with Crippen molar-refractivity contribution >= 4 is 35.0 Å². The van der Waals surface area contributed by atoms with Gasteiger partial charge in [0.05, 0.1) is 11.0 Å². The third kappa shape index (κ3) is 2.78. The molecule has 0 spiro atoms. The maximum atomic E-state index is 13.7. The van der Waals surface area contributed by atoms with Crippen LogP contribution in [0, 0.1) is 17.5 Å². The fourth-order valence-electron chi connectivity index (χ4n) is 3.35. The summed E-state index contributed by atoms with van der Waals surface area (Å²) < 4.78 is 16.9. The molecule has 0 bridgehead atoms. The van der Waals surface area contributed by atoms with Crippen LogP contribution in [0.25, 0.3) is 11.0 Å². The molecule has 0 amide bonds. The summed E-state index contributed by atoms with van der Waals surface area (Å²) in [5.41, 5.74) is 2.50. The van der Waals surface area contributed by atoms with Gasteiger partial charge in [-0.1, -0.05) is 19.3 Å². The number of aryl methyl sites for hydroxylation is 1. The minimum absolute atomic E-state index is 0.178. The molecule has 0 aliphatic heterocycles. The molecule has 1 N–H and O–H groups in total. The molecule has 1 aromatic carbocycles. The lowest BCUT2D eigenvalue weighted by Crippen LogP contribution is -2.33. The first kappa shape index (κ1) is 15.1. The second kappa shape index (κ2) is 5.76. The van der Waals surface area contributed by atoms with Gasteiger partial charge in [0.1, 0.15) is 5.82 Å². The van der Waals surface area contributed by atoms with Crippen LogP contribution < -0.4 is 0 Å². The monoisotopic (exact) mass is 324 g/mol. The van der Waals surface area contributed by atoms with E-state index < -0.39 is 0 Å². The number of nitrogens with zero attached hydrogens (tertiary/aromatic N) is 1. The lowest BCUT2D eigenvalue weighted by Gasteiger charge is -2.36. The van der Waals surface area contributed by atoms with E-state index in [-0.39, 0.29) is 10.6 Å². The van der Waals surface area contributed by atoms with E-state index in [0.717, 1.165) is 17.6 Å². The molecule has 21 heavy (non-hydrogen) atoms. The summed E-state index contributed by atoms with van der Waals surface area (Å²) in [6.45, 7) is 2.72. The van der Waals surface area contributed by atoms with E-state index in [4.69, 9.17) is 12.2 Å². The summed E-state index contributed by atoms with van der Waals surface area (Å²) in [6, 6.07) is 3.47. The first-order valence-electron chi connectivity index (χ1n) is 7.48. The summed E-state index contributed by atoms with van der Waals surface area (Å²) in [6.07, 6.45) is 8.61. The summed E-state index contributed by atoms with van der Waals surface area (Å²) in [7, 11) is 0. The second-order valence-electron chi connectivity index (χ2n) is 6.08. The molecule has 2 nitrogen and oxygen atoms in total. The van der Waals surface area contributed by atoms with Gasteiger partial charge in [-0.2, -0.15) is 11.8 Å². The van der Waals surface area contributed by atoms with Gasteiger partial charge >= 0.3 is 0 Å². The van der Waals surface area contributed by atoms with Crippen LogP contribution in [0.4, 0.5) is 4.39 Å². The van der Waals surface area contributed by atoms with Gasteiger partial charge in [0.15, 0.2) is 4.77 Å². The third-order valence-corrected chi connectivity index (χ3v) is 6.42. The highest BCUT2D eigenvalue weighted by Crippen LogP contribution is 2.40. The minimum Gasteiger partial charge on any atom is -0.330 e. The molecular formula is C16H21FN2S2. The largest absolute Gasteiger partial charge is 0.330 e. The summed E-state index contributed by atoms with van der Waals surface area (Å²) in [5, 5.41) is 0. The summed E-state index contributed by atoms with van der Waals surface area (Å²) in [5.74, 6) is -0.178. The topological polar surface area (TPSA) is 20.7 Å². The number of nitrogens with one attached hydrogen (secondary N) is 1. The number of hydrogen-bond acceptors (Lipinski definition) is 2. The number of halogens is 1. The van der Waals surface area contributed by atoms with Crippen LogP contribution in [0.2, 0.25) is 0 Å². The fraction of sp³-hybridized carbons (Fsp3) is 0.562. The van der Waals surface area contributed by atoms with Crippen molar-refractivity contribution in [1.29, 1.82) is 0 Å². The number of rotatable bonds is 3. The summed E-state index contributed by atoms with van der Waals surface area (Å²) >= 11 is 7.44. The maximum Gasteiger partial charge on any atom is 0.178 e. The van der Waals surface area contributed by atoms with Crippen LogP contribution >= 0.6 is 24.0 Å². The van der Waals surface area contributed by atoms with Gasteiger partial charge in [-0.3, -0.25) is 0 Å². The Morgan fingerprint density at radius 3 is 2.71 bits per heavy atom. The van der Waals surface area contributed by atoms with Crippen molar-refractivity contribution in [2.24, 2.45) is 0 Å². The Morgan fingerprint density at radius 2 is 2.05 bits per heavy atom. The number of hydrogen-bond donors (Lipinski definition) is 1. The molecule has 3 rings (SSSR count). The smallest absolute Gasteiger partial charge is 0.178 e. The van der Waals surface area contributed by atoms with Crippen LogP contribution in [-0.2, 0) is 6.54 Å². The van der Waals surface area contributed by atoms with E-state index in [1.165, 1.54) is 32.1 Å². The normalized spacial score (nSPS) is 18.2. The molecule has 114 valence electrons. The van der Waals surface area contributed by atoms with Crippen molar-refractivity contribution in [1.82, 2.24) is 9.55 Å². The fourth-order valence-corrected chi connectivity index (χ4v) is 4.58. The molecule has 1 aliphatic carbocycles. The molecule has 5 heteroatoms. The van der Waals surface area contributed by atoms with E-state index in [0.29, 0.717) is 10.3 Å². The Balaban J connectivity index is 2.05. The quantitative estimate of drug-likeness (QED) is 0.782. The Labute approximate surface area is 134 Å². The number of H-pyrrole nitrogens is 1. The molecule has 1 fully saturated rings. The standard InChI is InChI=1S/C16H21FN2S2/c1-11-8-14-13(9-12(11)17)18-15(20)19(14)10-16(21-2)6-4-3-5-7-16/h8-9H,3-7,10H2,1-2H3,(H,18,20). The molecule has 1 aromatic heterocycles. The van der Waals surface area contributed by atoms with Crippen LogP contribution in [0.3, 0.4) is 0 Å². The number of thioether (sulfide) groups is 1. The highest BCUT2D eigenvalue weighted by Gasteiger charge is 2.32. The molecule has 0 atom stereocenters. The molecule has 0 radical (unpaired) electrons. The molecule has 1 aliphatic rings. The highest BCUT2D eigenvalue weighted by molar-refractivity contribution is 8.00. The van der Waals surface area contributed by atoms with Crippen LogP contribution in [0.1, 0.15) is 37.7 Å². The van der Waals surface area contributed by atoms with E-state index in [1.807, 2.05) is 17.8 Å². The van der Waals surface area contributed by atoms with E-state index in [2.05, 4.69) is 15.8 Å². The van der Waals surface area contributed by atoms with Crippen molar-refractivity contribution < 1.29 is 4.39 Å². The average Bonchev–Trinajstić information content (AvgIpc) is 2.76. The zero-order chi connectivity index (χ0) is 15.0. The van der Waals surface area contributed by atoms with Gasteiger partial charge in [-0.05, 0) is 55.9 Å². The highest BCUT2D eigenvalue weighted by atomic mass is 32.2. The zero-order valence-electron chi connectivity index (χ0n) is 12.5. The molecule has 2 aromatic rings. The van der Waals surface area contributed by atoms with Gasteiger partial charge in [-0.15, -0.1) is 0 Å². The van der Waals surface area contributed by atoms with Gasteiger partial charge in [0, 0.05) is 11.3 Å². The predicted molar refractivity (Wildman–Crippen MR) is 91.1 cm³/mol. The number of fused-ring (bicyclic) bond motifs is 1. The molecule has 0 saturated heterocycles. The van der Waals surface area contributed by atoms with Gasteiger partial charge in [0.25, 0.3) is 0 Å². The van der Waals surface area contributed by atoms with Gasteiger partial charge in [0.2, 0.25) is 0 Å². The van der Waals surface area contributed by atoms with Crippen LogP contribution in [-0.4, -0.2) is 20.6 Å². The molecule has 1 heterocycles. The maximum absolute atomic E-state index is 13.7. The molecule has 0 unspecified atom stereocenters. The minimum atomic E-state index is -0.178. The van der Waals surface area contributed by atoms with Crippen molar-refractivity contribution in [2.45, 2.75) is 50.3 Å². The average molecular weight is 324 g/mol. The van der Waals surface area contributed by atoms with Crippen LogP contribution in [0.5, 0.6) is 0 Å². The SMILES string of the molecule is CSC1(Cn2c(=S)[nH]c3cc(F)c(C)cc32)CCCCC1. The number of aromatic nitrogens is 2. The molecular weight excluding hydrogens is 303 g/mol. The first-order valence-corrected chi connectivity index (χ1v) is 9.12. The second-order valence-corrected chi connectivity index (χ2v) is 7.74. The predicted octanol–water partition coefficient (Wildman–Crippen LogP) is 5.21. The number of benzene rings is 1. The van der Waals surface area contributed by atoms with Gasteiger partial charge < -0.3 is 9.55 Å². The van der Waals surface area contributed by atoms with Crippen LogP contribution in [0.15, 0.2) is 12.1 Å². The first-order chi connectivity index (χ1) is 10.0. The van der Waals surface area contributed by atoms with E-state index in [9.17, 15) is 4.39 Å². The van der Waals surface area contributed by atoms with E-state index >= 15 is 0 Å². The Bertz CT molecular complexity index is 711. The lowest BCUT2D eigenvalue weighted by atomic mass is 9.88. The Hall–Kier alpha value is -0.810. The lowest BCUT2D eigenvalue weighted by molar-refractivity contribution is 0.360. The van der Waals surface area contributed by atoms with Gasteiger partial charge in [-0.25, -0.2) is 4.39 Å². The molecule has 1 saturated carbocycles. The van der Waals surface area contributed by atoms with Crippen molar-refractivity contribution in [3.63, 3.8) is 0 Å². The Kier molecular flexibility index (Phi) is 4.14. The number of aromatic amines is 1. The van der Waals surface area contributed by atoms with Crippen molar-refractivity contribution in [3.05, 3.63) is 28.3 Å².